The van der Waals surface area contributed by atoms with Crippen LogP contribution in [0.25, 0.3) is 0 Å². The van der Waals surface area contributed by atoms with E-state index in [4.69, 9.17) is 0 Å². The van der Waals surface area contributed by atoms with E-state index in [1.165, 1.54) is 0 Å². The molecule has 3 rings (SSSR count). The number of carbonyl (C=O) groups excluding carboxylic acids is 2. The summed E-state index contributed by atoms with van der Waals surface area (Å²) in [6, 6.07) is 6.83. The number of allylic oxidation sites excluding steroid dienone is 2. The summed E-state index contributed by atoms with van der Waals surface area (Å²) in [5.74, 6) is -2.60. The third-order valence-electron chi connectivity index (χ3n) is 4.99. The van der Waals surface area contributed by atoms with Gasteiger partial charge in [-0.1, -0.05) is 26.0 Å². The van der Waals surface area contributed by atoms with Gasteiger partial charge in [0.25, 0.3) is 0 Å². The maximum absolute atomic E-state index is 12.6. The van der Waals surface area contributed by atoms with Crippen LogP contribution in [0, 0.1) is 29.6 Å². The van der Waals surface area contributed by atoms with Crippen molar-refractivity contribution in [1.82, 2.24) is 0 Å². The van der Waals surface area contributed by atoms with Crippen LogP contribution in [0.15, 0.2) is 36.4 Å². The molecular formula is C19H22N2O4. The van der Waals surface area contributed by atoms with Crippen molar-refractivity contribution in [2.45, 2.75) is 20.3 Å². The van der Waals surface area contributed by atoms with E-state index in [1.54, 1.807) is 24.3 Å². The third kappa shape index (κ3) is 3.43. The Kier molecular flexibility index (Phi) is 4.61. The van der Waals surface area contributed by atoms with Crippen molar-refractivity contribution in [2.75, 3.05) is 10.6 Å². The molecule has 2 aliphatic rings. The molecular weight excluding hydrogens is 320 g/mol. The summed E-state index contributed by atoms with van der Waals surface area (Å²) in [5, 5.41) is 15.0. The van der Waals surface area contributed by atoms with Gasteiger partial charge in [-0.15, -0.1) is 0 Å². The summed E-state index contributed by atoms with van der Waals surface area (Å²) in [5.41, 5.74) is 1.24. The van der Waals surface area contributed by atoms with Gasteiger partial charge in [-0.2, -0.15) is 0 Å². The van der Waals surface area contributed by atoms with Crippen LogP contribution in [0.1, 0.15) is 20.3 Å². The minimum atomic E-state index is -0.913. The van der Waals surface area contributed by atoms with Gasteiger partial charge in [-0.05, 0) is 42.5 Å². The summed E-state index contributed by atoms with van der Waals surface area (Å²) in [4.78, 5) is 35.8. The van der Waals surface area contributed by atoms with Gasteiger partial charge in [0.15, 0.2) is 0 Å². The Morgan fingerprint density at radius 1 is 0.960 bits per heavy atom. The lowest BCUT2D eigenvalue weighted by atomic mass is 9.82. The fourth-order valence-corrected chi connectivity index (χ4v) is 3.67. The minimum Gasteiger partial charge on any atom is -0.481 e. The van der Waals surface area contributed by atoms with Crippen molar-refractivity contribution in [3.05, 3.63) is 36.4 Å². The molecule has 4 atom stereocenters. The van der Waals surface area contributed by atoms with Gasteiger partial charge in [0.2, 0.25) is 11.8 Å². The second-order valence-corrected chi connectivity index (χ2v) is 7.05. The second-order valence-electron chi connectivity index (χ2n) is 7.05. The third-order valence-corrected chi connectivity index (χ3v) is 4.99. The monoisotopic (exact) mass is 342 g/mol. The Labute approximate surface area is 146 Å². The van der Waals surface area contributed by atoms with Crippen LogP contribution in [0.5, 0.6) is 0 Å². The van der Waals surface area contributed by atoms with Gasteiger partial charge < -0.3 is 15.7 Å². The molecule has 0 spiro atoms. The summed E-state index contributed by atoms with van der Waals surface area (Å²) in [7, 11) is 0. The lowest BCUT2D eigenvalue weighted by molar-refractivity contribution is -0.146. The Balaban J connectivity index is 1.66. The zero-order valence-corrected chi connectivity index (χ0v) is 14.2. The van der Waals surface area contributed by atoms with Crippen LogP contribution in [0.4, 0.5) is 11.4 Å². The van der Waals surface area contributed by atoms with E-state index in [0.717, 1.165) is 6.42 Å². The van der Waals surface area contributed by atoms with Crippen molar-refractivity contribution in [3.63, 3.8) is 0 Å². The Hall–Kier alpha value is -2.63. The van der Waals surface area contributed by atoms with Gasteiger partial charge in [0.05, 0.1) is 11.8 Å². The number of aliphatic carboxylic acids is 1. The van der Waals surface area contributed by atoms with Crippen LogP contribution in [0.2, 0.25) is 0 Å². The van der Waals surface area contributed by atoms with Crippen LogP contribution < -0.4 is 10.6 Å². The van der Waals surface area contributed by atoms with Crippen LogP contribution >= 0.6 is 0 Å². The predicted molar refractivity (Wildman–Crippen MR) is 93.9 cm³/mol. The molecule has 0 aliphatic heterocycles. The number of benzene rings is 1. The number of hydrogen-bond acceptors (Lipinski definition) is 3. The normalized spacial score (nSPS) is 26.7. The highest BCUT2D eigenvalue weighted by Crippen LogP contribution is 2.48. The number of anilines is 2. The zero-order chi connectivity index (χ0) is 18.1. The van der Waals surface area contributed by atoms with Crippen LogP contribution in [0.3, 0.4) is 0 Å². The molecule has 1 saturated carbocycles. The van der Waals surface area contributed by atoms with Gasteiger partial charge in [0, 0.05) is 17.3 Å². The molecule has 6 nitrogen and oxygen atoms in total. The quantitative estimate of drug-likeness (QED) is 0.717. The highest BCUT2D eigenvalue weighted by Gasteiger charge is 2.51. The number of carboxylic acid groups (broad SMARTS) is 1. The second kappa shape index (κ2) is 6.70. The molecule has 2 amide bonds. The first-order valence-electron chi connectivity index (χ1n) is 8.49. The molecule has 6 heteroatoms. The van der Waals surface area contributed by atoms with Crippen molar-refractivity contribution >= 4 is 29.2 Å². The first-order valence-corrected chi connectivity index (χ1v) is 8.49. The SMILES string of the molecule is CC(C)C(=O)Nc1ccc(NC(=O)[C@H]2[C@H](C(=O)O)[C@H]3C=C[C@H]2C3)cc1. The number of hydrogen-bond donors (Lipinski definition) is 3. The molecule has 0 unspecified atom stereocenters. The van der Waals surface area contributed by atoms with Crippen molar-refractivity contribution < 1.29 is 19.5 Å². The van der Waals surface area contributed by atoms with E-state index < -0.39 is 17.8 Å². The number of nitrogens with one attached hydrogen (secondary N) is 2. The van der Waals surface area contributed by atoms with E-state index in [1.807, 2.05) is 26.0 Å². The van der Waals surface area contributed by atoms with E-state index in [-0.39, 0.29) is 29.6 Å². The van der Waals surface area contributed by atoms with Crippen LogP contribution in [-0.4, -0.2) is 22.9 Å². The smallest absolute Gasteiger partial charge is 0.307 e. The average molecular weight is 342 g/mol. The molecule has 0 radical (unpaired) electrons. The van der Waals surface area contributed by atoms with Gasteiger partial charge in [0.1, 0.15) is 0 Å². The van der Waals surface area contributed by atoms with Crippen molar-refractivity contribution in [1.29, 1.82) is 0 Å². The molecule has 0 saturated heterocycles. The molecule has 2 bridgehead atoms. The Morgan fingerprint density at radius 3 is 2.00 bits per heavy atom. The lowest BCUT2D eigenvalue weighted by Crippen LogP contribution is -2.36. The molecule has 1 aromatic carbocycles. The zero-order valence-electron chi connectivity index (χ0n) is 14.2. The molecule has 25 heavy (non-hydrogen) atoms. The van der Waals surface area contributed by atoms with E-state index in [2.05, 4.69) is 10.6 Å². The molecule has 0 aromatic heterocycles. The number of rotatable bonds is 5. The first-order chi connectivity index (χ1) is 11.9. The Bertz CT molecular complexity index is 723. The summed E-state index contributed by atoms with van der Waals surface area (Å²) >= 11 is 0. The maximum atomic E-state index is 12.6. The standard InChI is InChI=1S/C19H22N2O4/c1-10(2)17(22)20-13-5-7-14(8-6-13)21-18(23)15-11-3-4-12(9-11)16(15)19(24)25/h3-8,10-12,15-16H,9H2,1-2H3,(H,20,22)(H,21,23)(H,24,25)/t11-,12-,15+,16+/m0/s1. The lowest BCUT2D eigenvalue weighted by Gasteiger charge is -2.23. The van der Waals surface area contributed by atoms with Crippen LogP contribution in [-0.2, 0) is 14.4 Å². The van der Waals surface area contributed by atoms with Gasteiger partial charge >= 0.3 is 5.97 Å². The Morgan fingerprint density at radius 2 is 1.48 bits per heavy atom. The summed E-state index contributed by atoms with van der Waals surface area (Å²) in [6.07, 6.45) is 4.60. The van der Waals surface area contributed by atoms with Crippen molar-refractivity contribution in [3.8, 4) is 0 Å². The van der Waals surface area contributed by atoms with Gasteiger partial charge in [-0.25, -0.2) is 0 Å². The highest BCUT2D eigenvalue weighted by molar-refractivity contribution is 5.97. The number of carboxylic acids is 1. The van der Waals surface area contributed by atoms with Crippen molar-refractivity contribution in [2.24, 2.45) is 29.6 Å². The number of amides is 2. The molecule has 1 fully saturated rings. The molecule has 2 aliphatic carbocycles. The number of carbonyl (C=O) groups is 3. The molecule has 0 heterocycles. The summed E-state index contributed by atoms with van der Waals surface area (Å²) < 4.78 is 0. The topological polar surface area (TPSA) is 95.5 Å². The fourth-order valence-electron chi connectivity index (χ4n) is 3.67. The highest BCUT2D eigenvalue weighted by atomic mass is 16.4. The minimum absolute atomic E-state index is 0.00398. The average Bonchev–Trinajstić information content (AvgIpc) is 3.17. The van der Waals surface area contributed by atoms with Gasteiger partial charge in [-0.3, -0.25) is 14.4 Å². The molecule has 3 N–H and O–H groups in total. The van der Waals surface area contributed by atoms with E-state index >= 15 is 0 Å². The maximum Gasteiger partial charge on any atom is 0.307 e. The predicted octanol–water partition coefficient (Wildman–Crippen LogP) is 2.74. The first kappa shape index (κ1) is 17.2. The fraction of sp³-hybridized carbons (Fsp3) is 0.421. The largest absolute Gasteiger partial charge is 0.481 e. The summed E-state index contributed by atoms with van der Waals surface area (Å²) in [6.45, 7) is 3.62. The van der Waals surface area contributed by atoms with E-state index in [9.17, 15) is 19.5 Å². The molecule has 132 valence electrons. The van der Waals surface area contributed by atoms with E-state index in [0.29, 0.717) is 11.4 Å². The molecule has 1 aromatic rings. The number of fused-ring (bicyclic) bond motifs is 2.